The van der Waals surface area contributed by atoms with Crippen LogP contribution in [-0.2, 0) is 25.3 Å². The summed E-state index contributed by atoms with van der Waals surface area (Å²) in [7, 11) is 0. The molecule has 0 aromatic heterocycles. The van der Waals surface area contributed by atoms with Crippen LogP contribution in [0.4, 0.5) is 23.7 Å². The molecule has 4 rings (SSSR count). The van der Waals surface area contributed by atoms with Crippen LogP contribution in [0.5, 0.6) is 0 Å². The van der Waals surface area contributed by atoms with Crippen LogP contribution in [0.25, 0.3) is 0 Å². The van der Waals surface area contributed by atoms with Gasteiger partial charge in [0.25, 0.3) is 0 Å². The van der Waals surface area contributed by atoms with E-state index in [1.165, 1.54) is 41.8 Å². The van der Waals surface area contributed by atoms with Crippen molar-refractivity contribution >= 4 is 29.4 Å². The molecule has 1 fully saturated rings. The lowest BCUT2D eigenvalue weighted by Crippen LogP contribution is -2.56. The van der Waals surface area contributed by atoms with E-state index in [1.54, 1.807) is 19.1 Å². The predicted octanol–water partition coefficient (Wildman–Crippen LogP) is 4.49. The lowest BCUT2D eigenvalue weighted by molar-refractivity contribution is -0.143. The summed E-state index contributed by atoms with van der Waals surface area (Å²) < 4.78 is 45.8. The Morgan fingerprint density at radius 2 is 1.64 bits per heavy atom. The number of anilines is 1. The maximum atomic E-state index is 14.2. The fourth-order valence-electron chi connectivity index (χ4n) is 5.47. The summed E-state index contributed by atoms with van der Waals surface area (Å²) in [6.45, 7) is 5.07. The highest BCUT2D eigenvalue weighted by molar-refractivity contribution is 6.15. The summed E-state index contributed by atoms with van der Waals surface area (Å²) in [5, 5.41) is 9.26. The Morgan fingerprint density at radius 3 is 2.19 bits per heavy atom. The first-order valence-electron chi connectivity index (χ1n) is 13.3. The van der Waals surface area contributed by atoms with Crippen molar-refractivity contribution in [3.63, 3.8) is 0 Å². The molecule has 2 aromatic carbocycles. The highest BCUT2D eigenvalue weighted by Crippen LogP contribution is 2.44. The highest BCUT2D eigenvalue weighted by atomic mass is 19.4. The number of ketones is 1. The van der Waals surface area contributed by atoms with Gasteiger partial charge in [-0.2, -0.15) is 18.4 Å². The molecule has 12 heteroatoms. The smallest absolute Gasteiger partial charge is 0.416 e. The monoisotopic (exact) mass is 582 g/mol. The number of nitrogens with zero attached hydrogens (tertiary/aromatic N) is 4. The van der Waals surface area contributed by atoms with E-state index in [2.05, 4.69) is 0 Å². The van der Waals surface area contributed by atoms with E-state index in [1.807, 2.05) is 6.07 Å². The molecular weight excluding hydrogens is 553 g/mol. The van der Waals surface area contributed by atoms with Crippen molar-refractivity contribution in [1.82, 2.24) is 9.80 Å². The molecule has 2 aliphatic heterocycles. The molecule has 2 unspecified atom stereocenters. The van der Waals surface area contributed by atoms with Gasteiger partial charge in [-0.05, 0) is 56.7 Å². The quantitative estimate of drug-likeness (QED) is 0.481. The molecule has 2 atom stereocenters. The second-order valence-corrected chi connectivity index (χ2v) is 9.98. The topological polar surface area (TPSA) is 111 Å². The number of alkyl halides is 3. The van der Waals surface area contributed by atoms with E-state index >= 15 is 0 Å². The molecular formula is C30H29F3N4O5. The number of carbonyl (C=O) groups is 4. The summed E-state index contributed by atoms with van der Waals surface area (Å²) in [5.41, 5.74) is -0.155. The van der Waals surface area contributed by atoms with E-state index in [0.29, 0.717) is 11.1 Å². The van der Waals surface area contributed by atoms with Crippen LogP contribution < -0.4 is 4.90 Å². The van der Waals surface area contributed by atoms with Crippen LogP contribution in [0.15, 0.2) is 59.8 Å². The van der Waals surface area contributed by atoms with Crippen molar-refractivity contribution in [3.8, 4) is 6.07 Å². The van der Waals surface area contributed by atoms with Crippen molar-refractivity contribution in [3.05, 3.63) is 76.5 Å². The standard InChI is InChI=1S/C30H29F3N4O5/c1-4-42-29(41)36-14-12-35(13-15-36)27(39)26-25(21-10-8-20(17-34)9-11-21)24(19(3)38)18(2)37(28(26)40)23-7-5-6-22(16-23)30(31,32)33/h5-11,16,25-26H,4,12-15H2,1-3H3. The van der Waals surface area contributed by atoms with Gasteiger partial charge in [0.15, 0.2) is 5.78 Å². The summed E-state index contributed by atoms with van der Waals surface area (Å²) in [6, 6.07) is 12.3. The van der Waals surface area contributed by atoms with Crippen LogP contribution in [0.2, 0.25) is 0 Å². The van der Waals surface area contributed by atoms with Gasteiger partial charge >= 0.3 is 12.3 Å². The van der Waals surface area contributed by atoms with Crippen molar-refractivity contribution in [2.24, 2.45) is 5.92 Å². The highest BCUT2D eigenvalue weighted by Gasteiger charge is 2.49. The molecule has 0 saturated carbocycles. The fourth-order valence-corrected chi connectivity index (χ4v) is 5.47. The average molecular weight is 583 g/mol. The van der Waals surface area contributed by atoms with Gasteiger partial charge in [0.2, 0.25) is 11.8 Å². The zero-order chi connectivity index (χ0) is 30.8. The summed E-state index contributed by atoms with van der Waals surface area (Å²) in [4.78, 5) is 57.5. The number of piperazine rings is 1. The Labute approximate surface area is 240 Å². The zero-order valence-corrected chi connectivity index (χ0v) is 23.3. The second-order valence-electron chi connectivity index (χ2n) is 9.98. The first kappa shape index (κ1) is 30.3. The Balaban J connectivity index is 1.82. The number of Topliss-reactive ketones (excluding diaryl/α,β-unsaturated/α-hetero) is 1. The van der Waals surface area contributed by atoms with Crippen molar-refractivity contribution in [2.45, 2.75) is 32.9 Å². The number of rotatable bonds is 5. The van der Waals surface area contributed by atoms with Crippen molar-refractivity contribution in [1.29, 1.82) is 5.26 Å². The average Bonchev–Trinajstić information content (AvgIpc) is 2.96. The fraction of sp³-hybridized carbons (Fsp3) is 0.367. The minimum atomic E-state index is -4.69. The van der Waals surface area contributed by atoms with E-state index in [4.69, 9.17) is 4.74 Å². The molecule has 0 spiro atoms. The number of amides is 3. The Kier molecular flexibility index (Phi) is 8.70. The van der Waals surface area contributed by atoms with E-state index in [-0.39, 0.29) is 49.7 Å². The van der Waals surface area contributed by atoms with Gasteiger partial charge in [0, 0.05) is 49.1 Å². The molecule has 0 aliphatic carbocycles. The minimum absolute atomic E-state index is 0.0865. The Bertz CT molecular complexity index is 1470. The van der Waals surface area contributed by atoms with E-state index < -0.39 is 47.3 Å². The van der Waals surface area contributed by atoms with E-state index in [9.17, 15) is 37.6 Å². The van der Waals surface area contributed by atoms with Gasteiger partial charge in [0.1, 0.15) is 5.92 Å². The van der Waals surface area contributed by atoms with E-state index in [0.717, 1.165) is 23.1 Å². The summed E-state index contributed by atoms with van der Waals surface area (Å²) in [5.74, 6) is -4.43. The van der Waals surface area contributed by atoms with Gasteiger partial charge in [-0.15, -0.1) is 0 Å². The van der Waals surface area contributed by atoms with Gasteiger partial charge in [0.05, 0.1) is 23.8 Å². The Hall–Kier alpha value is -4.66. The van der Waals surface area contributed by atoms with Gasteiger partial charge in [-0.1, -0.05) is 18.2 Å². The predicted molar refractivity (Wildman–Crippen MR) is 145 cm³/mol. The lowest BCUT2D eigenvalue weighted by atomic mass is 9.73. The first-order valence-corrected chi connectivity index (χ1v) is 13.3. The van der Waals surface area contributed by atoms with Crippen molar-refractivity contribution < 1.29 is 37.1 Å². The molecule has 9 nitrogen and oxygen atoms in total. The summed E-state index contributed by atoms with van der Waals surface area (Å²) in [6.07, 6.45) is -5.21. The number of carbonyl (C=O) groups excluding carboxylic acids is 4. The number of halogens is 3. The Morgan fingerprint density at radius 1 is 1.02 bits per heavy atom. The normalized spacial score (nSPS) is 19.5. The van der Waals surface area contributed by atoms with Gasteiger partial charge in [-0.3, -0.25) is 19.3 Å². The number of hydrogen-bond donors (Lipinski definition) is 0. The molecule has 0 radical (unpaired) electrons. The van der Waals surface area contributed by atoms with Crippen LogP contribution in [0.1, 0.15) is 43.4 Å². The molecule has 220 valence electrons. The minimum Gasteiger partial charge on any atom is -0.450 e. The van der Waals surface area contributed by atoms with Crippen LogP contribution >= 0.6 is 0 Å². The number of hydrogen-bond acceptors (Lipinski definition) is 6. The number of allylic oxidation sites excluding steroid dienone is 2. The van der Waals surface area contributed by atoms with Crippen molar-refractivity contribution in [2.75, 3.05) is 37.7 Å². The molecule has 42 heavy (non-hydrogen) atoms. The SMILES string of the molecule is CCOC(=O)N1CCN(C(=O)C2C(=O)N(c3cccc(C(F)(F)F)c3)C(C)=C(C(C)=O)C2c2ccc(C#N)cc2)CC1. The van der Waals surface area contributed by atoms with Crippen LogP contribution in [-0.4, -0.2) is 66.3 Å². The number of benzene rings is 2. The molecule has 2 heterocycles. The van der Waals surface area contributed by atoms with Crippen LogP contribution in [0.3, 0.4) is 0 Å². The lowest BCUT2D eigenvalue weighted by Gasteiger charge is -2.42. The molecule has 1 saturated heterocycles. The van der Waals surface area contributed by atoms with Gasteiger partial charge < -0.3 is 14.5 Å². The summed E-state index contributed by atoms with van der Waals surface area (Å²) >= 11 is 0. The zero-order valence-electron chi connectivity index (χ0n) is 23.3. The molecule has 0 N–H and O–H groups in total. The molecule has 3 amide bonds. The van der Waals surface area contributed by atoms with Gasteiger partial charge in [-0.25, -0.2) is 4.79 Å². The second kappa shape index (κ2) is 12.1. The third kappa shape index (κ3) is 5.86. The molecule has 2 aliphatic rings. The molecule has 0 bridgehead atoms. The maximum absolute atomic E-state index is 14.2. The number of nitriles is 1. The third-order valence-electron chi connectivity index (χ3n) is 7.45. The molecule has 2 aromatic rings. The third-order valence-corrected chi connectivity index (χ3v) is 7.45. The largest absolute Gasteiger partial charge is 0.450 e. The maximum Gasteiger partial charge on any atom is 0.416 e. The first-order chi connectivity index (χ1) is 19.9. The number of ether oxygens (including phenoxy) is 1. The van der Waals surface area contributed by atoms with Crippen LogP contribution in [0, 0.1) is 17.2 Å².